The van der Waals surface area contributed by atoms with Gasteiger partial charge in [-0.25, -0.2) is 9.97 Å². The zero-order valence-electron chi connectivity index (χ0n) is 21.4. The Morgan fingerprint density at radius 1 is 0.865 bits per heavy atom. The number of aryl methyl sites for hydroxylation is 1. The number of carbonyl (C=O) groups is 2. The van der Waals surface area contributed by atoms with E-state index in [-0.39, 0.29) is 24.9 Å². The molecule has 2 aromatic heterocycles. The molecule has 3 aromatic rings. The summed E-state index contributed by atoms with van der Waals surface area (Å²) in [5, 5.41) is 11.5. The molecule has 0 unspecified atom stereocenters. The number of fused-ring (bicyclic) bond motifs is 2. The summed E-state index contributed by atoms with van der Waals surface area (Å²) >= 11 is 3.14. The topological polar surface area (TPSA) is 102 Å². The molecule has 11 heteroatoms. The summed E-state index contributed by atoms with van der Waals surface area (Å²) in [6.07, 6.45) is 6.90. The lowest BCUT2D eigenvalue weighted by atomic mass is 9.71. The lowest BCUT2D eigenvalue weighted by Crippen LogP contribution is -2.48. The largest absolute Gasteiger partial charge is 0.352 e. The molecule has 37 heavy (non-hydrogen) atoms. The first kappa shape index (κ1) is 24.8. The van der Waals surface area contributed by atoms with Crippen LogP contribution in [0.2, 0.25) is 0 Å². The molecular weight excluding hydrogens is 506 g/mol. The molecule has 5 heterocycles. The van der Waals surface area contributed by atoms with E-state index in [9.17, 15) is 9.59 Å². The minimum absolute atomic E-state index is 0.136. The molecule has 3 fully saturated rings. The normalized spacial score (nSPS) is 19.7. The lowest BCUT2D eigenvalue weighted by Gasteiger charge is -2.44. The van der Waals surface area contributed by atoms with E-state index in [2.05, 4.69) is 22.0 Å². The van der Waals surface area contributed by atoms with Crippen LogP contribution >= 0.6 is 22.7 Å². The highest BCUT2D eigenvalue weighted by Gasteiger charge is 2.36. The van der Waals surface area contributed by atoms with Crippen molar-refractivity contribution < 1.29 is 9.59 Å². The van der Waals surface area contributed by atoms with Crippen LogP contribution in [0.5, 0.6) is 0 Å². The minimum Gasteiger partial charge on any atom is -0.352 e. The Kier molecular flexibility index (Phi) is 6.93. The quantitative estimate of drug-likeness (QED) is 0.438. The van der Waals surface area contributed by atoms with E-state index in [1.807, 2.05) is 16.7 Å². The second-order valence-electron chi connectivity index (χ2n) is 10.7. The minimum atomic E-state index is 0.136. The highest BCUT2D eigenvalue weighted by Crippen LogP contribution is 2.40. The molecule has 0 saturated carbocycles. The predicted molar refractivity (Wildman–Crippen MR) is 151 cm³/mol. The van der Waals surface area contributed by atoms with Gasteiger partial charge in [0.1, 0.15) is 0 Å². The highest BCUT2D eigenvalue weighted by molar-refractivity contribution is 7.24. The van der Waals surface area contributed by atoms with Gasteiger partial charge in [-0.3, -0.25) is 9.59 Å². The summed E-state index contributed by atoms with van der Waals surface area (Å²) in [4.78, 5) is 38.7. The van der Waals surface area contributed by atoms with Crippen LogP contribution in [-0.2, 0) is 9.59 Å². The first-order valence-electron chi connectivity index (χ1n) is 13.4. The molecular formula is C26H35N7O2S2. The molecule has 6 rings (SSSR count). The third kappa shape index (κ3) is 5.13. The molecule has 0 aliphatic carbocycles. The zero-order chi connectivity index (χ0) is 25.4. The van der Waals surface area contributed by atoms with E-state index >= 15 is 0 Å². The Hall–Kier alpha value is -2.50. The predicted octanol–water partition coefficient (Wildman–Crippen LogP) is 3.65. The van der Waals surface area contributed by atoms with Crippen LogP contribution in [0.4, 0.5) is 10.3 Å². The van der Waals surface area contributed by atoms with Gasteiger partial charge in [0.05, 0.1) is 33.5 Å². The van der Waals surface area contributed by atoms with Crippen LogP contribution < -0.4 is 16.0 Å². The van der Waals surface area contributed by atoms with Crippen molar-refractivity contribution >= 4 is 65.2 Å². The molecule has 3 aliphatic rings. The molecule has 0 bridgehead atoms. The van der Waals surface area contributed by atoms with Crippen molar-refractivity contribution in [1.29, 1.82) is 0 Å². The first-order valence-corrected chi connectivity index (χ1v) is 15.1. The van der Waals surface area contributed by atoms with E-state index in [1.165, 1.54) is 12.8 Å². The number of anilines is 2. The van der Waals surface area contributed by atoms with Gasteiger partial charge in [-0.05, 0) is 70.0 Å². The summed E-state index contributed by atoms with van der Waals surface area (Å²) < 4.78 is 2.15. The molecule has 9 nitrogen and oxygen atoms in total. The number of amides is 2. The van der Waals surface area contributed by atoms with Crippen molar-refractivity contribution in [2.24, 2.45) is 5.41 Å². The summed E-state index contributed by atoms with van der Waals surface area (Å²) in [6.45, 7) is 8.26. The van der Waals surface area contributed by atoms with Crippen molar-refractivity contribution in [3.05, 3.63) is 11.6 Å². The number of nitrogens with one attached hydrogen (secondary N) is 3. The third-order valence-electron chi connectivity index (χ3n) is 8.36. The Morgan fingerprint density at radius 3 is 1.92 bits per heavy atom. The van der Waals surface area contributed by atoms with E-state index in [0.717, 1.165) is 101 Å². The maximum absolute atomic E-state index is 12.9. The summed E-state index contributed by atoms with van der Waals surface area (Å²) in [5.41, 5.74) is 3.31. The zero-order valence-corrected chi connectivity index (χ0v) is 23.0. The number of hydrogen-bond donors (Lipinski definition) is 3. The fourth-order valence-corrected chi connectivity index (χ4v) is 7.96. The molecule has 3 aliphatic heterocycles. The molecule has 0 radical (unpaired) electrons. The summed E-state index contributed by atoms with van der Waals surface area (Å²) in [7, 11) is 0. The van der Waals surface area contributed by atoms with Gasteiger partial charge >= 0.3 is 0 Å². The van der Waals surface area contributed by atoms with E-state index < -0.39 is 0 Å². The monoisotopic (exact) mass is 541 g/mol. The van der Waals surface area contributed by atoms with Crippen molar-refractivity contribution in [3.63, 3.8) is 0 Å². The number of piperidine rings is 2. The fraction of sp³-hybridized carbons (Fsp3) is 0.615. The molecule has 0 atom stereocenters. The highest BCUT2D eigenvalue weighted by atomic mass is 32.1. The lowest BCUT2D eigenvalue weighted by molar-refractivity contribution is -0.132. The Bertz CT molecular complexity index is 1300. The van der Waals surface area contributed by atoms with Crippen LogP contribution in [0.25, 0.3) is 20.4 Å². The Morgan fingerprint density at radius 2 is 1.38 bits per heavy atom. The number of likely N-dealkylation sites (tertiary alicyclic amines) is 2. The van der Waals surface area contributed by atoms with Gasteiger partial charge in [0.25, 0.3) is 0 Å². The Balaban J connectivity index is 1.07. The van der Waals surface area contributed by atoms with Crippen LogP contribution in [-0.4, -0.2) is 83.9 Å². The average molecular weight is 542 g/mol. The number of rotatable bonds is 6. The fourth-order valence-electron chi connectivity index (χ4n) is 5.96. The molecule has 198 valence electrons. The van der Waals surface area contributed by atoms with Crippen molar-refractivity contribution in [3.8, 4) is 0 Å². The first-order chi connectivity index (χ1) is 18.0. The number of thiazole rings is 2. The molecule has 3 N–H and O–H groups in total. The number of aromatic nitrogens is 2. The van der Waals surface area contributed by atoms with Gasteiger partial charge in [0, 0.05) is 31.7 Å². The second kappa shape index (κ2) is 10.3. The van der Waals surface area contributed by atoms with Gasteiger partial charge in [0.2, 0.25) is 11.8 Å². The molecule has 1 spiro atoms. The Labute approximate surface area is 225 Å². The van der Waals surface area contributed by atoms with Crippen molar-refractivity contribution in [2.45, 2.75) is 45.4 Å². The number of hydrogen-bond acceptors (Lipinski definition) is 9. The van der Waals surface area contributed by atoms with Gasteiger partial charge in [-0.2, -0.15) is 0 Å². The van der Waals surface area contributed by atoms with E-state index in [4.69, 9.17) is 9.97 Å². The SMILES string of the molecule is Cc1c2nc(NCC(=O)N3CCCC3)sc2cc2sc(NCC(=O)N3CCC4(CCNCC4)CC3)nc12. The smallest absolute Gasteiger partial charge is 0.241 e. The summed E-state index contributed by atoms with van der Waals surface area (Å²) in [6, 6.07) is 2.12. The molecule has 3 saturated heterocycles. The van der Waals surface area contributed by atoms with Gasteiger partial charge in [-0.15, -0.1) is 0 Å². The molecule has 2 amide bonds. The number of nitrogens with zero attached hydrogens (tertiary/aromatic N) is 4. The van der Waals surface area contributed by atoms with Gasteiger partial charge < -0.3 is 25.8 Å². The third-order valence-corrected chi connectivity index (χ3v) is 10.3. The van der Waals surface area contributed by atoms with E-state index in [1.54, 1.807) is 22.7 Å². The van der Waals surface area contributed by atoms with E-state index in [0.29, 0.717) is 5.41 Å². The van der Waals surface area contributed by atoms with Crippen molar-refractivity contribution in [1.82, 2.24) is 25.1 Å². The average Bonchev–Trinajstić information content (AvgIpc) is 3.67. The maximum Gasteiger partial charge on any atom is 0.241 e. The second-order valence-corrected chi connectivity index (χ2v) is 12.7. The van der Waals surface area contributed by atoms with Crippen LogP contribution in [0.15, 0.2) is 6.07 Å². The molecule has 1 aromatic carbocycles. The van der Waals surface area contributed by atoms with Gasteiger partial charge in [0.15, 0.2) is 10.3 Å². The maximum atomic E-state index is 12.9. The van der Waals surface area contributed by atoms with Crippen LogP contribution in [0.3, 0.4) is 0 Å². The van der Waals surface area contributed by atoms with Crippen LogP contribution in [0, 0.1) is 12.3 Å². The van der Waals surface area contributed by atoms with Gasteiger partial charge in [-0.1, -0.05) is 22.7 Å². The number of carbonyl (C=O) groups excluding carboxylic acids is 2. The standard InChI is InChI=1S/C26H35N7O2S2/c1-17-22-18(36-24(30-22)28-15-20(34)32-10-2-3-11-32)14-19-23(17)31-25(37-19)29-16-21(35)33-12-6-26(7-13-33)4-8-27-9-5-26/h14,27H,2-13,15-16H2,1H3,(H,28,30)(H,29,31). The number of benzene rings is 1. The van der Waals surface area contributed by atoms with Crippen LogP contribution in [0.1, 0.15) is 44.1 Å². The van der Waals surface area contributed by atoms with Crippen molar-refractivity contribution in [2.75, 3.05) is 63.0 Å². The summed E-state index contributed by atoms with van der Waals surface area (Å²) in [5.74, 6) is 0.290.